The Morgan fingerprint density at radius 1 is 1.04 bits per heavy atom. The molecule has 0 atom stereocenters. The summed E-state index contributed by atoms with van der Waals surface area (Å²) in [5, 5.41) is 5.67. The molecule has 0 saturated carbocycles. The third kappa shape index (κ3) is 7.00. The van der Waals surface area contributed by atoms with Gasteiger partial charge in [0.05, 0.1) is 24.8 Å². The van der Waals surface area contributed by atoms with E-state index in [1.54, 1.807) is 32.9 Å². The quantitative estimate of drug-likeness (QED) is 0.669. The Morgan fingerprint density at radius 3 is 2.19 bits per heavy atom. The van der Waals surface area contributed by atoms with Crippen molar-refractivity contribution in [1.29, 1.82) is 0 Å². The standard InChI is InChI=1S/C18H27ClN2O5/c1-18(2,3)26-17(23)21-11-7-6-10-20-16(22)12-8-9-13(24-4)15(25-5)14(12)19/h8-9H,6-7,10-11H2,1-5H3,(H,20,22)(H,21,23). The molecule has 0 unspecified atom stereocenters. The summed E-state index contributed by atoms with van der Waals surface area (Å²) in [4.78, 5) is 23.7. The van der Waals surface area contributed by atoms with Gasteiger partial charge in [-0.1, -0.05) is 11.6 Å². The number of hydrogen-bond donors (Lipinski definition) is 2. The first kappa shape index (κ1) is 21.9. The second-order valence-corrected chi connectivity index (χ2v) is 6.93. The number of unbranched alkanes of at least 4 members (excludes halogenated alkanes) is 1. The molecule has 1 rings (SSSR count). The number of carbonyl (C=O) groups excluding carboxylic acids is 2. The van der Waals surface area contributed by atoms with Crippen molar-refractivity contribution in [2.45, 2.75) is 39.2 Å². The first-order valence-electron chi connectivity index (χ1n) is 8.35. The Balaban J connectivity index is 2.38. The van der Waals surface area contributed by atoms with Crippen molar-refractivity contribution >= 4 is 23.6 Å². The highest BCUT2D eigenvalue weighted by molar-refractivity contribution is 6.35. The molecule has 0 aliphatic heterocycles. The van der Waals surface area contributed by atoms with Crippen molar-refractivity contribution < 1.29 is 23.8 Å². The fraction of sp³-hybridized carbons (Fsp3) is 0.556. The summed E-state index contributed by atoms with van der Waals surface area (Å²) in [5.41, 5.74) is -0.201. The van der Waals surface area contributed by atoms with E-state index in [2.05, 4.69) is 10.6 Å². The van der Waals surface area contributed by atoms with Crippen molar-refractivity contribution in [3.63, 3.8) is 0 Å². The van der Waals surface area contributed by atoms with Crippen molar-refractivity contribution in [3.05, 3.63) is 22.7 Å². The fourth-order valence-corrected chi connectivity index (χ4v) is 2.44. The molecule has 1 aromatic carbocycles. The third-order valence-electron chi connectivity index (χ3n) is 3.29. The van der Waals surface area contributed by atoms with E-state index in [0.717, 1.165) is 0 Å². The predicted octanol–water partition coefficient (Wildman–Crippen LogP) is 3.39. The van der Waals surface area contributed by atoms with Crippen molar-refractivity contribution in [2.24, 2.45) is 0 Å². The zero-order valence-corrected chi connectivity index (χ0v) is 16.7. The number of methoxy groups -OCH3 is 2. The Bertz CT molecular complexity index is 629. The molecule has 26 heavy (non-hydrogen) atoms. The Hall–Kier alpha value is -2.15. The van der Waals surface area contributed by atoms with Crippen LogP contribution in [0.4, 0.5) is 4.79 Å². The van der Waals surface area contributed by atoms with Gasteiger partial charge >= 0.3 is 6.09 Å². The summed E-state index contributed by atoms with van der Waals surface area (Å²) >= 11 is 6.21. The van der Waals surface area contributed by atoms with E-state index in [0.29, 0.717) is 43.0 Å². The lowest BCUT2D eigenvalue weighted by Crippen LogP contribution is -2.33. The number of halogens is 1. The minimum Gasteiger partial charge on any atom is -0.493 e. The monoisotopic (exact) mass is 386 g/mol. The van der Waals surface area contributed by atoms with Crippen LogP contribution in [0, 0.1) is 0 Å². The van der Waals surface area contributed by atoms with Gasteiger partial charge in [0.1, 0.15) is 5.60 Å². The second kappa shape index (κ2) is 10.1. The minimum absolute atomic E-state index is 0.205. The smallest absolute Gasteiger partial charge is 0.407 e. The summed E-state index contributed by atoms with van der Waals surface area (Å²) in [6.45, 7) is 6.35. The number of carbonyl (C=O) groups is 2. The molecular formula is C18H27ClN2O5. The first-order chi connectivity index (χ1) is 12.2. The van der Waals surface area contributed by atoms with Gasteiger partial charge in [0, 0.05) is 13.1 Å². The number of rotatable bonds is 8. The van der Waals surface area contributed by atoms with Crippen LogP contribution in [0.5, 0.6) is 11.5 Å². The molecule has 2 N–H and O–H groups in total. The maximum atomic E-state index is 12.2. The summed E-state index contributed by atoms with van der Waals surface area (Å²) in [6.07, 6.45) is 0.963. The Labute approximate surface area is 159 Å². The van der Waals surface area contributed by atoms with Crippen molar-refractivity contribution in [2.75, 3.05) is 27.3 Å². The Morgan fingerprint density at radius 2 is 1.65 bits per heavy atom. The summed E-state index contributed by atoms with van der Waals surface area (Å²) in [5.74, 6) is 0.488. The van der Waals surface area contributed by atoms with Crippen molar-refractivity contribution in [1.82, 2.24) is 10.6 Å². The van der Waals surface area contributed by atoms with Crippen molar-refractivity contribution in [3.8, 4) is 11.5 Å². The maximum Gasteiger partial charge on any atom is 0.407 e. The van der Waals surface area contributed by atoms with Crippen LogP contribution < -0.4 is 20.1 Å². The van der Waals surface area contributed by atoms with E-state index in [9.17, 15) is 9.59 Å². The van der Waals surface area contributed by atoms with Gasteiger partial charge in [0.2, 0.25) is 0 Å². The molecule has 0 heterocycles. The van der Waals surface area contributed by atoms with Crippen LogP contribution in [0.2, 0.25) is 5.02 Å². The highest BCUT2D eigenvalue weighted by Crippen LogP contribution is 2.37. The molecule has 0 aliphatic rings. The zero-order valence-electron chi connectivity index (χ0n) is 15.9. The molecule has 0 spiro atoms. The van der Waals surface area contributed by atoms with Crippen LogP contribution in [0.15, 0.2) is 12.1 Å². The highest BCUT2D eigenvalue weighted by Gasteiger charge is 2.18. The summed E-state index contributed by atoms with van der Waals surface area (Å²) in [7, 11) is 2.96. The molecule has 8 heteroatoms. The van der Waals surface area contributed by atoms with Crippen LogP contribution in [0.25, 0.3) is 0 Å². The predicted molar refractivity (Wildman–Crippen MR) is 100 cm³/mol. The normalized spacial score (nSPS) is 10.8. The van der Waals surface area contributed by atoms with E-state index in [4.69, 9.17) is 25.8 Å². The lowest BCUT2D eigenvalue weighted by molar-refractivity contribution is 0.0526. The molecule has 0 aliphatic carbocycles. The van der Waals surface area contributed by atoms with E-state index in [1.165, 1.54) is 14.2 Å². The van der Waals surface area contributed by atoms with Crippen LogP contribution in [0.1, 0.15) is 44.0 Å². The average Bonchev–Trinajstić information content (AvgIpc) is 2.55. The number of hydrogen-bond acceptors (Lipinski definition) is 5. The average molecular weight is 387 g/mol. The topological polar surface area (TPSA) is 85.9 Å². The van der Waals surface area contributed by atoms with Gasteiger partial charge in [0.25, 0.3) is 5.91 Å². The van der Waals surface area contributed by atoms with E-state index < -0.39 is 11.7 Å². The molecule has 0 bridgehead atoms. The van der Waals surface area contributed by atoms with E-state index >= 15 is 0 Å². The molecule has 1 aromatic rings. The number of benzene rings is 1. The SMILES string of the molecule is COc1ccc(C(=O)NCCCCNC(=O)OC(C)(C)C)c(Cl)c1OC. The summed E-state index contributed by atoms with van der Waals surface area (Å²) in [6, 6.07) is 3.22. The van der Waals surface area contributed by atoms with Crippen LogP contribution >= 0.6 is 11.6 Å². The minimum atomic E-state index is -0.517. The van der Waals surface area contributed by atoms with Gasteiger partial charge in [-0.25, -0.2) is 4.79 Å². The molecule has 2 amide bonds. The molecule has 0 saturated heterocycles. The number of alkyl carbamates (subject to hydrolysis) is 1. The number of amides is 2. The molecule has 0 radical (unpaired) electrons. The van der Waals surface area contributed by atoms with Gasteiger partial charge in [-0.05, 0) is 45.7 Å². The maximum absolute atomic E-state index is 12.2. The number of nitrogens with one attached hydrogen (secondary N) is 2. The highest BCUT2D eigenvalue weighted by atomic mass is 35.5. The van der Waals surface area contributed by atoms with E-state index in [-0.39, 0.29) is 10.9 Å². The Kier molecular flexibility index (Phi) is 8.51. The van der Waals surface area contributed by atoms with Gasteiger partial charge < -0.3 is 24.8 Å². The third-order valence-corrected chi connectivity index (χ3v) is 3.66. The van der Waals surface area contributed by atoms with E-state index in [1.807, 2.05) is 0 Å². The van der Waals surface area contributed by atoms with Gasteiger partial charge in [-0.15, -0.1) is 0 Å². The number of ether oxygens (including phenoxy) is 3. The molecule has 146 valence electrons. The lowest BCUT2D eigenvalue weighted by atomic mass is 10.1. The van der Waals surface area contributed by atoms with Crippen LogP contribution in [-0.4, -0.2) is 44.9 Å². The van der Waals surface area contributed by atoms with Gasteiger partial charge in [0.15, 0.2) is 11.5 Å². The first-order valence-corrected chi connectivity index (χ1v) is 8.73. The molecule has 7 nitrogen and oxygen atoms in total. The molecule has 0 aromatic heterocycles. The molecule has 0 fully saturated rings. The molecular weight excluding hydrogens is 360 g/mol. The lowest BCUT2D eigenvalue weighted by Gasteiger charge is -2.19. The fourth-order valence-electron chi connectivity index (χ4n) is 2.12. The van der Waals surface area contributed by atoms with Gasteiger partial charge in [-0.2, -0.15) is 0 Å². The summed E-state index contributed by atoms with van der Waals surface area (Å²) < 4.78 is 15.5. The van der Waals surface area contributed by atoms with Crippen LogP contribution in [0.3, 0.4) is 0 Å². The van der Waals surface area contributed by atoms with Gasteiger partial charge in [-0.3, -0.25) is 4.79 Å². The largest absolute Gasteiger partial charge is 0.493 e. The second-order valence-electron chi connectivity index (χ2n) is 6.55. The van der Waals surface area contributed by atoms with Crippen LogP contribution in [-0.2, 0) is 4.74 Å². The zero-order chi connectivity index (χ0) is 19.7.